The number of anilines is 1. The van der Waals surface area contributed by atoms with E-state index in [1.165, 1.54) is 45.2 Å². The molecule has 0 atom stereocenters. The SMILES string of the molecule is Cc1cc2c(N3CCCN(C4CCCC4)CC3)nccn2n1. The van der Waals surface area contributed by atoms with Crippen molar-refractivity contribution in [2.45, 2.75) is 45.1 Å². The van der Waals surface area contributed by atoms with Crippen LogP contribution < -0.4 is 4.90 Å². The summed E-state index contributed by atoms with van der Waals surface area (Å²) in [6.45, 7) is 6.62. The Hall–Kier alpha value is -1.62. The molecular formula is C17H25N5. The molecule has 2 aromatic rings. The van der Waals surface area contributed by atoms with Gasteiger partial charge in [0.05, 0.1) is 5.69 Å². The third-order valence-electron chi connectivity index (χ3n) is 5.16. The number of hydrogen-bond donors (Lipinski definition) is 0. The molecule has 5 nitrogen and oxygen atoms in total. The fourth-order valence-corrected chi connectivity index (χ4v) is 4.06. The fourth-order valence-electron chi connectivity index (χ4n) is 4.06. The summed E-state index contributed by atoms with van der Waals surface area (Å²) in [5.74, 6) is 1.09. The van der Waals surface area contributed by atoms with Gasteiger partial charge in [-0.1, -0.05) is 12.8 Å². The van der Waals surface area contributed by atoms with Gasteiger partial charge in [-0.25, -0.2) is 9.50 Å². The van der Waals surface area contributed by atoms with Crippen molar-refractivity contribution < 1.29 is 0 Å². The summed E-state index contributed by atoms with van der Waals surface area (Å²) in [7, 11) is 0. The second-order valence-corrected chi connectivity index (χ2v) is 6.68. The van der Waals surface area contributed by atoms with Crippen LogP contribution in [-0.4, -0.2) is 51.7 Å². The van der Waals surface area contributed by atoms with Gasteiger partial charge in [-0.2, -0.15) is 5.10 Å². The Kier molecular flexibility index (Phi) is 3.74. The summed E-state index contributed by atoms with van der Waals surface area (Å²) in [5, 5.41) is 4.51. The van der Waals surface area contributed by atoms with Gasteiger partial charge in [-0.05, 0) is 32.3 Å². The lowest BCUT2D eigenvalue weighted by Gasteiger charge is -2.27. The molecule has 118 valence electrons. The van der Waals surface area contributed by atoms with Gasteiger partial charge in [0.2, 0.25) is 0 Å². The van der Waals surface area contributed by atoms with Crippen LogP contribution in [0.3, 0.4) is 0 Å². The molecule has 1 saturated heterocycles. The van der Waals surface area contributed by atoms with E-state index >= 15 is 0 Å². The van der Waals surface area contributed by atoms with Gasteiger partial charge >= 0.3 is 0 Å². The van der Waals surface area contributed by atoms with E-state index in [1.807, 2.05) is 23.8 Å². The summed E-state index contributed by atoms with van der Waals surface area (Å²) >= 11 is 0. The molecule has 1 aliphatic carbocycles. The van der Waals surface area contributed by atoms with Gasteiger partial charge in [0.15, 0.2) is 5.82 Å². The maximum atomic E-state index is 4.65. The molecule has 0 aromatic carbocycles. The average molecular weight is 299 g/mol. The van der Waals surface area contributed by atoms with Crippen molar-refractivity contribution in [2.24, 2.45) is 0 Å². The molecule has 0 N–H and O–H groups in total. The highest BCUT2D eigenvalue weighted by Crippen LogP contribution is 2.26. The molecule has 0 bridgehead atoms. The first kappa shape index (κ1) is 14.0. The van der Waals surface area contributed by atoms with Crippen LogP contribution in [0.4, 0.5) is 5.82 Å². The second kappa shape index (κ2) is 5.88. The molecule has 2 aromatic heterocycles. The first-order valence-corrected chi connectivity index (χ1v) is 8.61. The maximum Gasteiger partial charge on any atom is 0.154 e. The monoisotopic (exact) mass is 299 g/mol. The zero-order valence-electron chi connectivity index (χ0n) is 13.4. The molecule has 5 heteroatoms. The van der Waals surface area contributed by atoms with E-state index in [1.54, 1.807) is 0 Å². The van der Waals surface area contributed by atoms with Crippen LogP contribution in [0.2, 0.25) is 0 Å². The molecule has 1 aliphatic heterocycles. The Morgan fingerprint density at radius 2 is 1.91 bits per heavy atom. The van der Waals surface area contributed by atoms with Crippen molar-refractivity contribution in [1.29, 1.82) is 0 Å². The van der Waals surface area contributed by atoms with E-state index in [0.717, 1.165) is 36.2 Å². The van der Waals surface area contributed by atoms with E-state index in [9.17, 15) is 0 Å². The summed E-state index contributed by atoms with van der Waals surface area (Å²) in [4.78, 5) is 9.82. The van der Waals surface area contributed by atoms with Crippen molar-refractivity contribution in [2.75, 3.05) is 31.1 Å². The van der Waals surface area contributed by atoms with Crippen molar-refractivity contribution in [1.82, 2.24) is 19.5 Å². The quantitative estimate of drug-likeness (QED) is 0.854. The number of aromatic nitrogens is 3. The molecule has 2 aliphatic rings. The molecule has 0 spiro atoms. The highest BCUT2D eigenvalue weighted by Gasteiger charge is 2.25. The van der Waals surface area contributed by atoms with Crippen LogP contribution in [0.15, 0.2) is 18.5 Å². The van der Waals surface area contributed by atoms with Gasteiger partial charge in [0.1, 0.15) is 5.52 Å². The molecule has 3 heterocycles. The number of fused-ring (bicyclic) bond motifs is 1. The predicted octanol–water partition coefficient (Wildman–Crippen LogP) is 2.49. The van der Waals surface area contributed by atoms with Crippen LogP contribution in [0.1, 0.15) is 37.8 Å². The normalized spacial score (nSPS) is 21.6. The number of aryl methyl sites for hydroxylation is 1. The lowest BCUT2D eigenvalue weighted by atomic mass is 10.2. The summed E-state index contributed by atoms with van der Waals surface area (Å²) in [6.07, 6.45) is 10.7. The smallest absolute Gasteiger partial charge is 0.154 e. The molecular weight excluding hydrogens is 274 g/mol. The molecule has 22 heavy (non-hydrogen) atoms. The minimum absolute atomic E-state index is 0.834. The number of nitrogens with zero attached hydrogens (tertiary/aromatic N) is 5. The maximum absolute atomic E-state index is 4.65. The topological polar surface area (TPSA) is 36.7 Å². The second-order valence-electron chi connectivity index (χ2n) is 6.68. The highest BCUT2D eigenvalue weighted by atomic mass is 15.3. The van der Waals surface area contributed by atoms with Crippen LogP contribution in [0.25, 0.3) is 5.52 Å². The zero-order chi connectivity index (χ0) is 14.9. The Bertz CT molecular complexity index is 644. The lowest BCUT2D eigenvalue weighted by molar-refractivity contribution is 0.213. The van der Waals surface area contributed by atoms with Gasteiger partial charge in [-0.15, -0.1) is 0 Å². The molecule has 2 fully saturated rings. The van der Waals surface area contributed by atoms with Gasteiger partial charge < -0.3 is 4.90 Å². The number of rotatable bonds is 2. The average Bonchev–Trinajstić information content (AvgIpc) is 3.10. The van der Waals surface area contributed by atoms with E-state index in [-0.39, 0.29) is 0 Å². The van der Waals surface area contributed by atoms with Crippen LogP contribution in [0.5, 0.6) is 0 Å². The van der Waals surface area contributed by atoms with Crippen LogP contribution in [-0.2, 0) is 0 Å². The van der Waals surface area contributed by atoms with E-state index in [2.05, 4.69) is 25.9 Å². The fraction of sp³-hybridized carbons (Fsp3) is 0.647. The summed E-state index contributed by atoms with van der Waals surface area (Å²) in [5.41, 5.74) is 2.19. The van der Waals surface area contributed by atoms with E-state index < -0.39 is 0 Å². The van der Waals surface area contributed by atoms with Crippen molar-refractivity contribution in [3.8, 4) is 0 Å². The first-order chi connectivity index (χ1) is 10.8. The third-order valence-corrected chi connectivity index (χ3v) is 5.16. The third kappa shape index (κ3) is 2.58. The van der Waals surface area contributed by atoms with Gasteiger partial charge in [-0.3, -0.25) is 4.90 Å². The van der Waals surface area contributed by atoms with Crippen LogP contribution >= 0.6 is 0 Å². The molecule has 0 unspecified atom stereocenters. The standard InChI is InChI=1S/C17H25N5/c1-14-13-16-17(18-7-10-22(16)19-14)21-9-4-8-20(11-12-21)15-5-2-3-6-15/h7,10,13,15H,2-6,8-9,11-12H2,1H3. The highest BCUT2D eigenvalue weighted by molar-refractivity contribution is 5.69. The Balaban J connectivity index is 1.54. The molecule has 4 rings (SSSR count). The minimum Gasteiger partial charge on any atom is -0.353 e. The predicted molar refractivity (Wildman–Crippen MR) is 88.4 cm³/mol. The van der Waals surface area contributed by atoms with Gasteiger partial charge in [0, 0.05) is 44.6 Å². The molecule has 0 radical (unpaired) electrons. The molecule has 0 amide bonds. The Morgan fingerprint density at radius 3 is 2.77 bits per heavy atom. The van der Waals surface area contributed by atoms with Crippen molar-refractivity contribution >= 4 is 11.3 Å². The first-order valence-electron chi connectivity index (χ1n) is 8.61. The Labute approximate surface area is 131 Å². The van der Waals surface area contributed by atoms with Crippen molar-refractivity contribution in [3.05, 3.63) is 24.2 Å². The van der Waals surface area contributed by atoms with E-state index in [4.69, 9.17) is 0 Å². The van der Waals surface area contributed by atoms with E-state index in [0.29, 0.717) is 0 Å². The largest absolute Gasteiger partial charge is 0.353 e. The lowest BCUT2D eigenvalue weighted by Crippen LogP contribution is -2.37. The minimum atomic E-state index is 0.834. The summed E-state index contributed by atoms with van der Waals surface area (Å²) in [6, 6.07) is 2.98. The summed E-state index contributed by atoms with van der Waals surface area (Å²) < 4.78 is 1.96. The number of hydrogen-bond acceptors (Lipinski definition) is 4. The zero-order valence-corrected chi connectivity index (χ0v) is 13.4. The Morgan fingerprint density at radius 1 is 1.05 bits per heavy atom. The van der Waals surface area contributed by atoms with Crippen LogP contribution in [0, 0.1) is 6.92 Å². The van der Waals surface area contributed by atoms with Crippen molar-refractivity contribution in [3.63, 3.8) is 0 Å². The van der Waals surface area contributed by atoms with Gasteiger partial charge in [0.25, 0.3) is 0 Å². The molecule has 1 saturated carbocycles.